The van der Waals surface area contributed by atoms with Crippen molar-refractivity contribution in [3.05, 3.63) is 52.7 Å². The first-order valence-corrected chi connectivity index (χ1v) is 7.95. The molecule has 0 fully saturated rings. The van der Waals surface area contributed by atoms with Crippen LogP contribution in [-0.4, -0.2) is 24.3 Å². The second kappa shape index (κ2) is 6.18. The number of anilines is 2. The summed E-state index contributed by atoms with van der Waals surface area (Å²) in [5.74, 6) is 0.194. The molecule has 128 valence electrons. The summed E-state index contributed by atoms with van der Waals surface area (Å²) in [4.78, 5) is 0. The zero-order valence-corrected chi connectivity index (χ0v) is 14.0. The Morgan fingerprint density at radius 1 is 1.29 bits per heavy atom. The quantitative estimate of drug-likeness (QED) is 0.646. The SMILES string of the molecule is CC(C)OCC1(C(F)F)c2cc(Cl)ccc2Nc2c1ccc[n+]2O. The van der Waals surface area contributed by atoms with Crippen LogP contribution >= 0.6 is 11.6 Å². The largest absolute Gasteiger partial charge is 0.377 e. The molecule has 1 aliphatic rings. The molecular weight excluding hydrogens is 338 g/mol. The number of aromatic nitrogens is 1. The number of nitrogens with zero attached hydrogens (tertiary/aromatic N) is 1. The smallest absolute Gasteiger partial charge is 0.323 e. The van der Waals surface area contributed by atoms with Crippen LogP contribution in [0.5, 0.6) is 0 Å². The van der Waals surface area contributed by atoms with Gasteiger partial charge in [0.15, 0.2) is 0 Å². The lowest BCUT2D eigenvalue weighted by molar-refractivity contribution is -0.893. The summed E-state index contributed by atoms with van der Waals surface area (Å²) in [6.07, 6.45) is -1.59. The normalized spacial score (nSPS) is 19.1. The third kappa shape index (κ3) is 2.59. The molecular formula is C17H18ClF2N2O2+. The summed E-state index contributed by atoms with van der Waals surface area (Å²) >= 11 is 6.06. The van der Waals surface area contributed by atoms with Crippen LogP contribution < -0.4 is 10.0 Å². The van der Waals surface area contributed by atoms with Crippen molar-refractivity contribution in [2.24, 2.45) is 0 Å². The van der Waals surface area contributed by atoms with Crippen LogP contribution in [0.4, 0.5) is 20.3 Å². The fraction of sp³-hybridized carbons (Fsp3) is 0.353. The molecule has 7 heteroatoms. The van der Waals surface area contributed by atoms with Gasteiger partial charge in [-0.15, -0.1) is 0 Å². The van der Waals surface area contributed by atoms with Crippen LogP contribution in [0.15, 0.2) is 36.5 Å². The van der Waals surface area contributed by atoms with E-state index in [0.717, 1.165) is 4.73 Å². The standard InChI is InChI=1S/C17H17ClF2N2O2/c1-10(2)24-9-17(16(19)20)12-4-3-7-22(23)15(12)21-14-6-5-11(18)8-13(14)17/h3-8,10,16,23H,9H2,1-2H3/p+1. The molecule has 0 bridgehead atoms. The van der Waals surface area contributed by atoms with Gasteiger partial charge in [-0.2, -0.15) is 0 Å². The third-order valence-corrected chi connectivity index (χ3v) is 4.42. The van der Waals surface area contributed by atoms with E-state index in [2.05, 4.69) is 5.32 Å². The average Bonchev–Trinajstić information content (AvgIpc) is 2.52. The van der Waals surface area contributed by atoms with Gasteiger partial charge in [-0.05, 0) is 44.2 Å². The van der Waals surface area contributed by atoms with Gasteiger partial charge in [0.25, 0.3) is 6.43 Å². The van der Waals surface area contributed by atoms with Crippen molar-refractivity contribution in [1.82, 2.24) is 0 Å². The van der Waals surface area contributed by atoms with E-state index in [4.69, 9.17) is 16.3 Å². The zero-order valence-electron chi connectivity index (χ0n) is 13.3. The Balaban J connectivity index is 2.29. The van der Waals surface area contributed by atoms with E-state index in [1.807, 2.05) is 0 Å². The zero-order chi connectivity index (χ0) is 17.5. The Kier molecular flexibility index (Phi) is 4.36. The van der Waals surface area contributed by atoms with E-state index in [9.17, 15) is 14.0 Å². The summed E-state index contributed by atoms with van der Waals surface area (Å²) < 4.78 is 35.2. The molecule has 0 spiro atoms. The lowest BCUT2D eigenvalue weighted by Crippen LogP contribution is -2.48. The highest BCUT2D eigenvalue weighted by Crippen LogP contribution is 2.48. The molecule has 0 amide bonds. The monoisotopic (exact) mass is 355 g/mol. The van der Waals surface area contributed by atoms with Crippen LogP contribution in [0.1, 0.15) is 25.0 Å². The Bertz CT molecular complexity index is 766. The molecule has 2 aromatic rings. The average molecular weight is 356 g/mol. The molecule has 2 heterocycles. The second-order valence-corrected chi connectivity index (χ2v) is 6.50. The van der Waals surface area contributed by atoms with Crippen molar-refractivity contribution in [2.45, 2.75) is 31.8 Å². The summed E-state index contributed by atoms with van der Waals surface area (Å²) in [6.45, 7) is 3.35. The molecule has 0 aliphatic carbocycles. The van der Waals surface area contributed by atoms with Gasteiger partial charge in [0.1, 0.15) is 17.3 Å². The summed E-state index contributed by atoms with van der Waals surface area (Å²) in [5, 5.41) is 13.4. The van der Waals surface area contributed by atoms with E-state index in [-0.39, 0.29) is 24.1 Å². The van der Waals surface area contributed by atoms with Crippen LogP contribution in [0.2, 0.25) is 5.02 Å². The minimum atomic E-state index is -2.75. The predicted octanol–water partition coefficient (Wildman–Crippen LogP) is 3.90. The number of hydrogen-bond donors (Lipinski definition) is 2. The summed E-state index contributed by atoms with van der Waals surface area (Å²) in [6, 6.07) is 7.84. The molecule has 0 saturated carbocycles. The van der Waals surface area contributed by atoms with E-state index in [0.29, 0.717) is 16.3 Å². The number of pyridine rings is 1. The highest BCUT2D eigenvalue weighted by Gasteiger charge is 2.53. The molecule has 2 N–H and O–H groups in total. The number of hydrogen-bond acceptors (Lipinski definition) is 3. The molecule has 1 aliphatic heterocycles. The molecule has 1 atom stereocenters. The lowest BCUT2D eigenvalue weighted by atomic mass is 9.72. The third-order valence-electron chi connectivity index (χ3n) is 4.19. The van der Waals surface area contributed by atoms with Crippen molar-refractivity contribution in [1.29, 1.82) is 0 Å². The van der Waals surface area contributed by atoms with E-state index < -0.39 is 11.8 Å². The number of halogens is 3. The molecule has 1 aromatic heterocycles. The maximum Gasteiger partial charge on any atom is 0.323 e. The van der Waals surface area contributed by atoms with Crippen LogP contribution in [-0.2, 0) is 10.2 Å². The molecule has 24 heavy (non-hydrogen) atoms. The Labute approximate surface area is 143 Å². The van der Waals surface area contributed by atoms with Gasteiger partial charge in [-0.25, -0.2) is 14.1 Å². The van der Waals surface area contributed by atoms with Crippen LogP contribution in [0.25, 0.3) is 0 Å². The lowest BCUT2D eigenvalue weighted by Gasteiger charge is -2.37. The Hall–Kier alpha value is -1.92. The van der Waals surface area contributed by atoms with Crippen molar-refractivity contribution in [3.8, 4) is 0 Å². The van der Waals surface area contributed by atoms with Gasteiger partial charge in [0.2, 0.25) is 0 Å². The Morgan fingerprint density at radius 3 is 2.71 bits per heavy atom. The maximum atomic E-state index is 14.4. The molecule has 1 aromatic carbocycles. The fourth-order valence-corrected chi connectivity index (χ4v) is 3.17. The highest BCUT2D eigenvalue weighted by molar-refractivity contribution is 6.30. The molecule has 4 nitrogen and oxygen atoms in total. The minimum Gasteiger partial charge on any atom is -0.377 e. The van der Waals surface area contributed by atoms with Crippen molar-refractivity contribution in [3.63, 3.8) is 0 Å². The molecule has 3 rings (SSSR count). The number of alkyl halides is 2. The van der Waals surface area contributed by atoms with Crippen molar-refractivity contribution in [2.75, 3.05) is 11.9 Å². The van der Waals surface area contributed by atoms with E-state index in [1.165, 1.54) is 18.3 Å². The highest BCUT2D eigenvalue weighted by atomic mass is 35.5. The van der Waals surface area contributed by atoms with Gasteiger partial charge in [0.05, 0.1) is 18.3 Å². The summed E-state index contributed by atoms with van der Waals surface area (Å²) in [5.41, 5.74) is -0.646. The molecule has 0 radical (unpaired) electrons. The number of fused-ring (bicyclic) bond motifs is 2. The van der Waals surface area contributed by atoms with Crippen molar-refractivity contribution < 1.29 is 23.5 Å². The van der Waals surface area contributed by atoms with E-state index in [1.54, 1.807) is 32.0 Å². The first kappa shape index (κ1) is 16.9. The molecule has 0 saturated heterocycles. The molecule has 1 unspecified atom stereocenters. The first-order valence-electron chi connectivity index (χ1n) is 7.57. The van der Waals surface area contributed by atoms with Gasteiger partial charge in [-0.3, -0.25) is 0 Å². The number of benzene rings is 1. The Morgan fingerprint density at radius 2 is 2.04 bits per heavy atom. The number of rotatable bonds is 4. The first-order chi connectivity index (χ1) is 11.4. The number of ether oxygens (including phenoxy) is 1. The number of nitrogens with one attached hydrogen (secondary N) is 1. The van der Waals surface area contributed by atoms with Crippen LogP contribution in [0.3, 0.4) is 0 Å². The fourth-order valence-electron chi connectivity index (χ4n) is 3.00. The van der Waals surface area contributed by atoms with Crippen LogP contribution in [0, 0.1) is 0 Å². The topological polar surface area (TPSA) is 45.4 Å². The van der Waals surface area contributed by atoms with Gasteiger partial charge < -0.3 is 9.94 Å². The van der Waals surface area contributed by atoms with Gasteiger partial charge in [0, 0.05) is 10.6 Å². The second-order valence-electron chi connectivity index (χ2n) is 6.06. The van der Waals surface area contributed by atoms with Gasteiger partial charge in [-0.1, -0.05) is 16.3 Å². The van der Waals surface area contributed by atoms with Crippen molar-refractivity contribution >= 4 is 23.1 Å². The maximum absolute atomic E-state index is 14.4. The van der Waals surface area contributed by atoms with Gasteiger partial charge >= 0.3 is 5.82 Å². The van der Waals surface area contributed by atoms with E-state index >= 15 is 0 Å². The summed E-state index contributed by atoms with van der Waals surface area (Å²) in [7, 11) is 0. The predicted molar refractivity (Wildman–Crippen MR) is 86.4 cm³/mol. The minimum absolute atomic E-state index is 0.194.